The number of nitrogens with zero attached hydrogens (tertiary/aromatic N) is 3. The van der Waals surface area contributed by atoms with Gasteiger partial charge in [0, 0.05) is 50.7 Å². The van der Waals surface area contributed by atoms with Crippen molar-refractivity contribution in [1.82, 2.24) is 14.4 Å². The van der Waals surface area contributed by atoms with E-state index in [1.54, 1.807) is 60.7 Å². The number of carbonyl (C=O) groups is 1. The number of methoxy groups -OCH3 is 1. The molecule has 4 rings (SSSR count). The highest BCUT2D eigenvalue weighted by Crippen LogP contribution is 2.16. The molecule has 2 heterocycles. The first-order valence-corrected chi connectivity index (χ1v) is 10.2. The number of halogens is 1. The van der Waals surface area contributed by atoms with Crippen molar-refractivity contribution < 1.29 is 13.9 Å². The molecule has 1 saturated heterocycles. The van der Waals surface area contributed by atoms with Crippen LogP contribution in [0.15, 0.2) is 71.7 Å². The van der Waals surface area contributed by atoms with Crippen molar-refractivity contribution in [1.29, 1.82) is 0 Å². The van der Waals surface area contributed by atoms with Crippen LogP contribution in [0.3, 0.4) is 0 Å². The van der Waals surface area contributed by atoms with Crippen molar-refractivity contribution in [2.75, 3.05) is 33.3 Å². The molecule has 0 radical (unpaired) electrons. The Bertz CT molecular complexity index is 1100. The topological polar surface area (TPSA) is 54.8 Å². The summed E-state index contributed by atoms with van der Waals surface area (Å²) in [4.78, 5) is 29.4. The van der Waals surface area contributed by atoms with E-state index < -0.39 is 0 Å². The first-order valence-electron chi connectivity index (χ1n) is 10.2. The van der Waals surface area contributed by atoms with Gasteiger partial charge in [0.15, 0.2) is 0 Å². The number of hydrogen-bond acceptors (Lipinski definition) is 4. The smallest absolute Gasteiger partial charge is 0.255 e. The van der Waals surface area contributed by atoms with Gasteiger partial charge in [-0.05, 0) is 48.0 Å². The van der Waals surface area contributed by atoms with Crippen molar-refractivity contribution >= 4 is 5.91 Å². The second kappa shape index (κ2) is 9.14. The number of amides is 1. The SMILES string of the molecule is COc1ccc(-n2cc(C(=O)N3CCN(Cc4ccc(F)cc4)CC3)ccc2=O)cc1. The van der Waals surface area contributed by atoms with Crippen molar-refractivity contribution in [2.24, 2.45) is 0 Å². The Morgan fingerprint density at radius 3 is 2.26 bits per heavy atom. The number of benzene rings is 2. The number of aromatic nitrogens is 1. The van der Waals surface area contributed by atoms with E-state index in [1.165, 1.54) is 22.8 Å². The van der Waals surface area contributed by atoms with Crippen LogP contribution >= 0.6 is 0 Å². The van der Waals surface area contributed by atoms with Crippen LogP contribution in [-0.4, -0.2) is 53.6 Å². The lowest BCUT2D eigenvalue weighted by Gasteiger charge is -2.34. The molecule has 0 saturated carbocycles. The average Bonchev–Trinajstić information content (AvgIpc) is 2.81. The highest BCUT2D eigenvalue weighted by atomic mass is 19.1. The lowest BCUT2D eigenvalue weighted by atomic mass is 10.1. The Balaban J connectivity index is 1.42. The van der Waals surface area contributed by atoms with Gasteiger partial charge in [-0.15, -0.1) is 0 Å². The first-order chi connectivity index (χ1) is 15.0. The van der Waals surface area contributed by atoms with Gasteiger partial charge in [-0.2, -0.15) is 0 Å². The van der Waals surface area contributed by atoms with Gasteiger partial charge in [-0.25, -0.2) is 4.39 Å². The van der Waals surface area contributed by atoms with Gasteiger partial charge in [0.2, 0.25) is 0 Å². The minimum atomic E-state index is -0.241. The molecule has 0 atom stereocenters. The zero-order valence-electron chi connectivity index (χ0n) is 17.3. The van der Waals surface area contributed by atoms with Gasteiger partial charge < -0.3 is 9.64 Å². The second-order valence-corrected chi connectivity index (χ2v) is 7.52. The number of rotatable bonds is 5. The summed E-state index contributed by atoms with van der Waals surface area (Å²) in [6.45, 7) is 3.40. The van der Waals surface area contributed by atoms with Crippen LogP contribution in [0.4, 0.5) is 4.39 Å². The molecule has 1 aromatic heterocycles. The molecule has 31 heavy (non-hydrogen) atoms. The Labute approximate surface area is 180 Å². The molecule has 0 unspecified atom stereocenters. The van der Waals surface area contributed by atoms with Gasteiger partial charge in [0.1, 0.15) is 11.6 Å². The van der Waals surface area contributed by atoms with Gasteiger partial charge in [0.25, 0.3) is 11.5 Å². The van der Waals surface area contributed by atoms with Crippen LogP contribution in [0.25, 0.3) is 5.69 Å². The third kappa shape index (κ3) is 4.83. The molecule has 1 aliphatic heterocycles. The van der Waals surface area contributed by atoms with Crippen molar-refractivity contribution in [3.05, 3.63) is 94.2 Å². The van der Waals surface area contributed by atoms with Crippen LogP contribution in [-0.2, 0) is 6.54 Å². The highest BCUT2D eigenvalue weighted by Gasteiger charge is 2.22. The van der Waals surface area contributed by atoms with E-state index in [0.29, 0.717) is 30.1 Å². The van der Waals surface area contributed by atoms with Gasteiger partial charge in [-0.1, -0.05) is 12.1 Å². The molecule has 0 bridgehead atoms. The fraction of sp³-hybridized carbons (Fsp3) is 0.250. The van der Waals surface area contributed by atoms with E-state index in [4.69, 9.17) is 4.74 Å². The van der Waals surface area contributed by atoms with E-state index in [-0.39, 0.29) is 17.3 Å². The standard InChI is InChI=1S/C24H24FN3O3/c1-31-22-9-7-21(8-10-22)28-17-19(4-11-23(28)29)24(30)27-14-12-26(13-15-27)16-18-2-5-20(25)6-3-18/h2-11,17H,12-16H2,1H3. The lowest BCUT2D eigenvalue weighted by Crippen LogP contribution is -2.48. The number of carbonyl (C=O) groups excluding carboxylic acids is 1. The lowest BCUT2D eigenvalue weighted by molar-refractivity contribution is 0.0627. The minimum Gasteiger partial charge on any atom is -0.497 e. The molecule has 7 heteroatoms. The number of hydrogen-bond donors (Lipinski definition) is 0. The van der Waals surface area contributed by atoms with Gasteiger partial charge in [-0.3, -0.25) is 19.1 Å². The van der Waals surface area contributed by atoms with E-state index >= 15 is 0 Å². The first kappa shape index (κ1) is 20.8. The summed E-state index contributed by atoms with van der Waals surface area (Å²) >= 11 is 0. The van der Waals surface area contributed by atoms with E-state index in [9.17, 15) is 14.0 Å². The quantitative estimate of drug-likeness (QED) is 0.636. The number of piperazine rings is 1. The van der Waals surface area contributed by atoms with Gasteiger partial charge >= 0.3 is 0 Å². The Morgan fingerprint density at radius 2 is 1.61 bits per heavy atom. The molecule has 1 amide bonds. The predicted octanol–water partition coefficient (Wildman–Crippen LogP) is 2.94. The molecule has 3 aromatic rings. The maximum absolute atomic E-state index is 13.1. The second-order valence-electron chi connectivity index (χ2n) is 7.52. The summed E-state index contributed by atoms with van der Waals surface area (Å²) in [5.41, 5.74) is 1.99. The van der Waals surface area contributed by atoms with Crippen LogP contribution in [0.2, 0.25) is 0 Å². The van der Waals surface area contributed by atoms with E-state index in [0.717, 1.165) is 25.2 Å². The summed E-state index contributed by atoms with van der Waals surface area (Å²) < 4.78 is 19.7. The number of ether oxygens (including phenoxy) is 1. The van der Waals surface area contributed by atoms with Crippen molar-refractivity contribution in [3.8, 4) is 11.4 Å². The fourth-order valence-corrected chi connectivity index (χ4v) is 3.70. The summed E-state index contributed by atoms with van der Waals surface area (Å²) in [5, 5.41) is 0. The molecular weight excluding hydrogens is 397 g/mol. The van der Waals surface area contributed by atoms with Crippen molar-refractivity contribution in [2.45, 2.75) is 6.54 Å². The molecule has 0 spiro atoms. The molecule has 1 aliphatic rings. The third-order valence-electron chi connectivity index (χ3n) is 5.49. The van der Waals surface area contributed by atoms with Crippen LogP contribution < -0.4 is 10.3 Å². The van der Waals surface area contributed by atoms with Crippen LogP contribution in [0.1, 0.15) is 15.9 Å². The molecular formula is C24H24FN3O3. The molecule has 0 aliphatic carbocycles. The molecule has 6 nitrogen and oxygen atoms in total. The van der Waals surface area contributed by atoms with Gasteiger partial charge in [0.05, 0.1) is 12.7 Å². The fourth-order valence-electron chi connectivity index (χ4n) is 3.70. The molecule has 1 fully saturated rings. The number of pyridine rings is 1. The van der Waals surface area contributed by atoms with E-state index in [2.05, 4.69) is 4.90 Å². The third-order valence-corrected chi connectivity index (χ3v) is 5.49. The minimum absolute atomic E-state index is 0.0938. The summed E-state index contributed by atoms with van der Waals surface area (Å²) in [6, 6.07) is 16.6. The summed E-state index contributed by atoms with van der Waals surface area (Å²) in [6.07, 6.45) is 1.59. The van der Waals surface area contributed by atoms with Crippen LogP contribution in [0.5, 0.6) is 5.75 Å². The normalized spacial score (nSPS) is 14.5. The maximum atomic E-state index is 13.1. The van der Waals surface area contributed by atoms with Crippen LogP contribution in [0, 0.1) is 5.82 Å². The highest BCUT2D eigenvalue weighted by molar-refractivity contribution is 5.94. The summed E-state index contributed by atoms with van der Waals surface area (Å²) in [7, 11) is 1.58. The molecule has 2 aromatic carbocycles. The Kier molecular flexibility index (Phi) is 6.13. The Hall–Kier alpha value is -3.45. The molecule has 0 N–H and O–H groups in total. The molecule has 160 valence electrons. The Morgan fingerprint density at radius 1 is 0.935 bits per heavy atom. The van der Waals surface area contributed by atoms with Crippen molar-refractivity contribution in [3.63, 3.8) is 0 Å². The zero-order valence-corrected chi connectivity index (χ0v) is 17.3. The van der Waals surface area contributed by atoms with E-state index in [1.807, 2.05) is 0 Å². The maximum Gasteiger partial charge on any atom is 0.255 e. The monoisotopic (exact) mass is 421 g/mol. The summed E-state index contributed by atoms with van der Waals surface area (Å²) in [5.74, 6) is 0.362. The zero-order chi connectivity index (χ0) is 21.8. The predicted molar refractivity (Wildman–Crippen MR) is 116 cm³/mol. The largest absolute Gasteiger partial charge is 0.497 e. The average molecular weight is 421 g/mol.